The quantitative estimate of drug-likeness (QED) is 0.887. The summed E-state index contributed by atoms with van der Waals surface area (Å²) in [6.45, 7) is 3.86. The van der Waals surface area contributed by atoms with Gasteiger partial charge in [-0.1, -0.05) is 22.9 Å². The molecule has 1 aromatic carbocycles. The van der Waals surface area contributed by atoms with Crippen LogP contribution in [-0.2, 0) is 4.79 Å². The first-order valence-electron chi connectivity index (χ1n) is 4.87. The topological polar surface area (TPSA) is 55.1 Å². The number of halogens is 1. The molecule has 0 radical (unpaired) electrons. The Morgan fingerprint density at radius 3 is 2.80 bits per heavy atom. The van der Waals surface area contributed by atoms with E-state index < -0.39 is 6.04 Å². The summed E-state index contributed by atoms with van der Waals surface area (Å²) in [6, 6.07) is 5.22. The largest absolute Gasteiger partial charge is 0.325 e. The lowest BCUT2D eigenvalue weighted by molar-refractivity contribution is -0.117. The molecule has 1 amide bonds. The molecule has 0 aliphatic heterocycles. The fraction of sp³-hybridized carbons (Fsp3) is 0.364. The Bertz CT molecular complexity index is 366. The van der Waals surface area contributed by atoms with Crippen molar-refractivity contribution in [3.8, 4) is 0 Å². The molecule has 0 saturated carbocycles. The van der Waals surface area contributed by atoms with Gasteiger partial charge in [0.05, 0.1) is 6.04 Å². The van der Waals surface area contributed by atoms with Crippen molar-refractivity contribution >= 4 is 27.5 Å². The Balaban J connectivity index is 2.73. The summed E-state index contributed by atoms with van der Waals surface area (Å²) in [5, 5.41) is 2.78. The van der Waals surface area contributed by atoms with Gasteiger partial charge in [-0.2, -0.15) is 0 Å². The predicted molar refractivity (Wildman–Crippen MR) is 65.8 cm³/mol. The Morgan fingerprint density at radius 1 is 1.60 bits per heavy atom. The second-order valence-electron chi connectivity index (χ2n) is 3.47. The molecular formula is C11H15BrN2O. The molecule has 15 heavy (non-hydrogen) atoms. The minimum absolute atomic E-state index is 0.140. The maximum atomic E-state index is 11.5. The molecule has 0 spiro atoms. The Labute approximate surface area is 98.2 Å². The van der Waals surface area contributed by atoms with Crippen LogP contribution >= 0.6 is 15.9 Å². The third-order valence-corrected chi connectivity index (χ3v) is 3.09. The highest BCUT2D eigenvalue weighted by Gasteiger charge is 2.10. The molecule has 1 atom stereocenters. The number of anilines is 1. The van der Waals surface area contributed by atoms with Crippen molar-refractivity contribution in [2.75, 3.05) is 5.32 Å². The number of benzene rings is 1. The lowest BCUT2D eigenvalue weighted by Gasteiger charge is -2.10. The fourth-order valence-electron chi connectivity index (χ4n) is 1.14. The van der Waals surface area contributed by atoms with Gasteiger partial charge in [-0.25, -0.2) is 0 Å². The lowest BCUT2D eigenvalue weighted by atomic mass is 10.2. The van der Waals surface area contributed by atoms with Crippen molar-refractivity contribution < 1.29 is 4.79 Å². The zero-order valence-electron chi connectivity index (χ0n) is 8.88. The second kappa shape index (κ2) is 5.28. The number of nitrogens with two attached hydrogens (primary N) is 1. The van der Waals surface area contributed by atoms with E-state index in [0.29, 0.717) is 6.42 Å². The van der Waals surface area contributed by atoms with Crippen LogP contribution in [0.2, 0.25) is 0 Å². The minimum atomic E-state index is -0.436. The van der Waals surface area contributed by atoms with Crippen LogP contribution in [0.5, 0.6) is 0 Å². The number of aryl methyl sites for hydroxylation is 1. The SMILES string of the molecule is CC[C@@H](N)C(=O)Nc1ccc(Br)c(C)c1. The molecule has 0 bridgehead atoms. The van der Waals surface area contributed by atoms with Gasteiger partial charge in [0, 0.05) is 10.2 Å². The van der Waals surface area contributed by atoms with Crippen LogP contribution in [0.1, 0.15) is 18.9 Å². The monoisotopic (exact) mass is 270 g/mol. The molecule has 0 heterocycles. The van der Waals surface area contributed by atoms with Gasteiger partial charge in [0.2, 0.25) is 5.91 Å². The van der Waals surface area contributed by atoms with Gasteiger partial charge >= 0.3 is 0 Å². The molecule has 0 fully saturated rings. The summed E-state index contributed by atoms with van der Waals surface area (Å²) in [5.74, 6) is -0.140. The van der Waals surface area contributed by atoms with Gasteiger partial charge in [-0.3, -0.25) is 4.79 Å². The Kier molecular flexibility index (Phi) is 4.29. The normalized spacial score (nSPS) is 12.3. The fourth-order valence-corrected chi connectivity index (χ4v) is 1.39. The molecule has 1 rings (SSSR count). The molecule has 0 aliphatic rings. The van der Waals surface area contributed by atoms with Crippen molar-refractivity contribution in [2.45, 2.75) is 26.3 Å². The van der Waals surface area contributed by atoms with E-state index in [2.05, 4.69) is 21.2 Å². The standard InChI is InChI=1S/C11H15BrN2O/c1-3-10(13)11(15)14-8-4-5-9(12)7(2)6-8/h4-6,10H,3,13H2,1-2H3,(H,14,15)/t10-/m1/s1. The lowest BCUT2D eigenvalue weighted by Crippen LogP contribution is -2.34. The molecule has 0 unspecified atom stereocenters. The molecule has 3 N–H and O–H groups in total. The third-order valence-electron chi connectivity index (χ3n) is 2.20. The van der Waals surface area contributed by atoms with Gasteiger partial charge in [0.1, 0.15) is 0 Å². The number of carbonyl (C=O) groups is 1. The highest BCUT2D eigenvalue weighted by atomic mass is 79.9. The van der Waals surface area contributed by atoms with E-state index >= 15 is 0 Å². The van der Waals surface area contributed by atoms with Crippen LogP contribution in [0.25, 0.3) is 0 Å². The Hall–Kier alpha value is -0.870. The highest BCUT2D eigenvalue weighted by Crippen LogP contribution is 2.20. The number of rotatable bonds is 3. The summed E-state index contributed by atoms with van der Waals surface area (Å²) in [4.78, 5) is 11.5. The van der Waals surface area contributed by atoms with E-state index in [1.165, 1.54) is 0 Å². The van der Waals surface area contributed by atoms with Gasteiger partial charge in [-0.15, -0.1) is 0 Å². The Morgan fingerprint density at radius 2 is 2.27 bits per heavy atom. The molecule has 0 aromatic heterocycles. The predicted octanol–water partition coefficient (Wildman–Crippen LogP) is 2.43. The van der Waals surface area contributed by atoms with Crippen molar-refractivity contribution in [3.05, 3.63) is 28.2 Å². The second-order valence-corrected chi connectivity index (χ2v) is 4.32. The molecule has 0 aliphatic carbocycles. The maximum absolute atomic E-state index is 11.5. The van der Waals surface area contributed by atoms with Gasteiger partial charge < -0.3 is 11.1 Å². The maximum Gasteiger partial charge on any atom is 0.241 e. The van der Waals surface area contributed by atoms with Crippen LogP contribution in [0.15, 0.2) is 22.7 Å². The van der Waals surface area contributed by atoms with Crippen LogP contribution < -0.4 is 11.1 Å². The molecular weight excluding hydrogens is 256 g/mol. The first kappa shape index (κ1) is 12.2. The first-order chi connectivity index (χ1) is 7.04. The molecule has 4 heteroatoms. The average molecular weight is 271 g/mol. The van der Waals surface area contributed by atoms with Crippen molar-refractivity contribution in [1.82, 2.24) is 0 Å². The van der Waals surface area contributed by atoms with E-state index in [1.54, 1.807) is 0 Å². The highest BCUT2D eigenvalue weighted by molar-refractivity contribution is 9.10. The van der Waals surface area contributed by atoms with E-state index in [4.69, 9.17) is 5.73 Å². The van der Waals surface area contributed by atoms with E-state index in [-0.39, 0.29) is 5.91 Å². The molecule has 1 aromatic rings. The van der Waals surface area contributed by atoms with Crippen molar-refractivity contribution in [1.29, 1.82) is 0 Å². The van der Waals surface area contributed by atoms with E-state index in [0.717, 1.165) is 15.7 Å². The number of amides is 1. The van der Waals surface area contributed by atoms with Crippen LogP contribution in [0, 0.1) is 6.92 Å². The number of hydrogen-bond acceptors (Lipinski definition) is 2. The summed E-state index contributed by atoms with van der Waals surface area (Å²) in [5.41, 5.74) is 7.47. The molecule has 3 nitrogen and oxygen atoms in total. The number of carbonyl (C=O) groups excluding carboxylic acids is 1. The van der Waals surface area contributed by atoms with Crippen molar-refractivity contribution in [3.63, 3.8) is 0 Å². The van der Waals surface area contributed by atoms with Crippen LogP contribution in [-0.4, -0.2) is 11.9 Å². The van der Waals surface area contributed by atoms with E-state index in [9.17, 15) is 4.79 Å². The zero-order chi connectivity index (χ0) is 11.4. The zero-order valence-corrected chi connectivity index (χ0v) is 10.5. The summed E-state index contributed by atoms with van der Waals surface area (Å²) < 4.78 is 1.03. The summed E-state index contributed by atoms with van der Waals surface area (Å²) in [7, 11) is 0. The van der Waals surface area contributed by atoms with Crippen LogP contribution in [0.4, 0.5) is 5.69 Å². The van der Waals surface area contributed by atoms with Crippen molar-refractivity contribution in [2.24, 2.45) is 5.73 Å². The number of hydrogen-bond donors (Lipinski definition) is 2. The first-order valence-corrected chi connectivity index (χ1v) is 5.66. The third kappa shape index (κ3) is 3.32. The van der Waals surface area contributed by atoms with E-state index in [1.807, 2.05) is 32.0 Å². The van der Waals surface area contributed by atoms with Crippen LogP contribution in [0.3, 0.4) is 0 Å². The van der Waals surface area contributed by atoms with Gasteiger partial charge in [0.25, 0.3) is 0 Å². The molecule has 82 valence electrons. The smallest absolute Gasteiger partial charge is 0.241 e. The molecule has 0 saturated heterocycles. The summed E-state index contributed by atoms with van der Waals surface area (Å²) >= 11 is 3.40. The summed E-state index contributed by atoms with van der Waals surface area (Å²) in [6.07, 6.45) is 0.640. The average Bonchev–Trinajstić information content (AvgIpc) is 2.22. The minimum Gasteiger partial charge on any atom is -0.325 e. The number of nitrogens with one attached hydrogen (secondary N) is 1. The van der Waals surface area contributed by atoms with Gasteiger partial charge in [0.15, 0.2) is 0 Å². The van der Waals surface area contributed by atoms with Gasteiger partial charge in [-0.05, 0) is 37.1 Å².